The Labute approximate surface area is 158 Å². The lowest BCUT2D eigenvalue weighted by atomic mass is 9.97. The summed E-state index contributed by atoms with van der Waals surface area (Å²) in [5.74, 6) is -1.88. The maximum atomic E-state index is 12.8. The molecular formula is C19H27N3O5. The summed E-state index contributed by atoms with van der Waals surface area (Å²) in [5, 5.41) is 9.04. The number of aryl methyl sites for hydroxylation is 1. The average molecular weight is 377 g/mol. The van der Waals surface area contributed by atoms with Gasteiger partial charge in [-0.05, 0) is 38.7 Å². The standard InChI is InChI=1S/C19H27N3O5/c1-5-14-16(12(3)23)11(2)20-17(14)18(25)21(4)10-15(24)22-8-6-13(7-9-22)19(26)27/h13,20H,5-10H2,1-4H3,(H,26,27). The number of H-pyrrole nitrogens is 1. The van der Waals surface area contributed by atoms with Crippen LogP contribution in [0.3, 0.4) is 0 Å². The van der Waals surface area contributed by atoms with Crippen LogP contribution in [0, 0.1) is 12.8 Å². The molecular weight excluding hydrogens is 350 g/mol. The van der Waals surface area contributed by atoms with E-state index in [1.54, 1.807) is 18.9 Å². The normalized spacial score (nSPS) is 14.9. The first-order chi connectivity index (χ1) is 12.7. The van der Waals surface area contributed by atoms with Crippen LogP contribution in [0.5, 0.6) is 0 Å². The summed E-state index contributed by atoms with van der Waals surface area (Å²) >= 11 is 0. The fraction of sp³-hybridized carbons (Fsp3) is 0.579. The molecule has 1 aliphatic rings. The number of aliphatic carboxylic acids is 1. The van der Waals surface area contributed by atoms with E-state index in [0.717, 1.165) is 0 Å². The molecule has 0 aliphatic carbocycles. The van der Waals surface area contributed by atoms with Crippen molar-refractivity contribution in [2.24, 2.45) is 5.92 Å². The number of likely N-dealkylation sites (tertiary alicyclic amines) is 1. The Morgan fingerprint density at radius 3 is 2.30 bits per heavy atom. The maximum Gasteiger partial charge on any atom is 0.306 e. The second kappa shape index (κ2) is 8.37. The molecule has 27 heavy (non-hydrogen) atoms. The molecule has 8 nitrogen and oxygen atoms in total. The molecule has 148 valence electrons. The van der Waals surface area contributed by atoms with Crippen LogP contribution in [0.2, 0.25) is 0 Å². The summed E-state index contributed by atoms with van der Waals surface area (Å²) in [5.41, 5.74) is 2.21. The summed E-state index contributed by atoms with van der Waals surface area (Å²) in [6, 6.07) is 0. The number of amides is 2. The molecule has 8 heteroatoms. The fourth-order valence-corrected chi connectivity index (χ4v) is 3.63. The number of aromatic nitrogens is 1. The van der Waals surface area contributed by atoms with Gasteiger partial charge in [-0.2, -0.15) is 0 Å². The van der Waals surface area contributed by atoms with Gasteiger partial charge in [-0.1, -0.05) is 6.92 Å². The molecule has 0 saturated carbocycles. The summed E-state index contributed by atoms with van der Waals surface area (Å²) in [4.78, 5) is 54.1. The van der Waals surface area contributed by atoms with Crippen molar-refractivity contribution in [1.82, 2.24) is 14.8 Å². The SMILES string of the molecule is CCc1c(C(=O)N(C)CC(=O)N2CCC(C(=O)O)CC2)[nH]c(C)c1C(C)=O. The van der Waals surface area contributed by atoms with Crippen molar-refractivity contribution >= 4 is 23.6 Å². The Kier molecular flexibility index (Phi) is 6.41. The van der Waals surface area contributed by atoms with E-state index in [2.05, 4.69) is 4.98 Å². The number of carboxylic acids is 1. The van der Waals surface area contributed by atoms with Gasteiger partial charge in [0, 0.05) is 31.4 Å². The summed E-state index contributed by atoms with van der Waals surface area (Å²) < 4.78 is 0. The molecule has 0 radical (unpaired) electrons. The number of aromatic amines is 1. The molecule has 0 aromatic carbocycles. The zero-order valence-electron chi connectivity index (χ0n) is 16.3. The number of likely N-dealkylation sites (N-methyl/N-ethyl adjacent to an activating group) is 1. The molecule has 2 amide bonds. The third-order valence-corrected chi connectivity index (χ3v) is 5.13. The lowest BCUT2D eigenvalue weighted by molar-refractivity contribution is -0.145. The van der Waals surface area contributed by atoms with Crippen LogP contribution in [-0.4, -0.2) is 70.1 Å². The molecule has 2 rings (SSSR count). The van der Waals surface area contributed by atoms with Gasteiger partial charge in [0.1, 0.15) is 5.69 Å². The van der Waals surface area contributed by atoms with Crippen molar-refractivity contribution < 1.29 is 24.3 Å². The van der Waals surface area contributed by atoms with Crippen LogP contribution in [0.1, 0.15) is 58.8 Å². The van der Waals surface area contributed by atoms with Gasteiger partial charge in [-0.15, -0.1) is 0 Å². The molecule has 0 atom stereocenters. The van der Waals surface area contributed by atoms with E-state index in [0.29, 0.717) is 54.9 Å². The van der Waals surface area contributed by atoms with E-state index in [9.17, 15) is 19.2 Å². The summed E-state index contributed by atoms with van der Waals surface area (Å²) in [6.07, 6.45) is 1.39. The first-order valence-corrected chi connectivity index (χ1v) is 9.15. The first-order valence-electron chi connectivity index (χ1n) is 9.15. The van der Waals surface area contributed by atoms with Gasteiger partial charge in [0.15, 0.2) is 5.78 Å². The minimum atomic E-state index is -0.829. The van der Waals surface area contributed by atoms with Crippen LogP contribution >= 0.6 is 0 Å². The Balaban J connectivity index is 2.06. The van der Waals surface area contributed by atoms with Gasteiger partial charge >= 0.3 is 5.97 Å². The van der Waals surface area contributed by atoms with Gasteiger partial charge in [-0.3, -0.25) is 19.2 Å². The largest absolute Gasteiger partial charge is 0.481 e. The van der Waals surface area contributed by atoms with Gasteiger partial charge in [0.2, 0.25) is 5.91 Å². The van der Waals surface area contributed by atoms with Crippen molar-refractivity contribution in [3.8, 4) is 0 Å². The number of ketones is 1. The number of carbonyl (C=O) groups excluding carboxylic acids is 3. The Bertz CT molecular complexity index is 760. The monoisotopic (exact) mass is 377 g/mol. The van der Waals surface area contributed by atoms with Gasteiger partial charge < -0.3 is 19.9 Å². The Hall–Kier alpha value is -2.64. The second-order valence-electron chi connectivity index (χ2n) is 7.04. The number of nitrogens with zero attached hydrogens (tertiary/aromatic N) is 2. The van der Waals surface area contributed by atoms with Crippen molar-refractivity contribution in [3.05, 3.63) is 22.5 Å². The van der Waals surface area contributed by atoms with E-state index in [4.69, 9.17) is 5.11 Å². The van der Waals surface area contributed by atoms with E-state index >= 15 is 0 Å². The van der Waals surface area contributed by atoms with E-state index in [1.165, 1.54) is 11.8 Å². The topological polar surface area (TPSA) is 111 Å². The fourth-order valence-electron chi connectivity index (χ4n) is 3.63. The van der Waals surface area contributed by atoms with E-state index in [-0.39, 0.29) is 24.1 Å². The number of Topliss-reactive ketones (excluding diaryl/α,β-unsaturated/α-hetero) is 1. The van der Waals surface area contributed by atoms with E-state index in [1.807, 2.05) is 6.92 Å². The predicted molar refractivity (Wildman–Crippen MR) is 98.8 cm³/mol. The van der Waals surface area contributed by atoms with Crippen molar-refractivity contribution in [3.63, 3.8) is 0 Å². The molecule has 0 spiro atoms. The highest BCUT2D eigenvalue weighted by Gasteiger charge is 2.29. The minimum absolute atomic E-state index is 0.0901. The number of nitrogens with one attached hydrogen (secondary N) is 1. The molecule has 2 N–H and O–H groups in total. The molecule has 1 aromatic rings. The van der Waals surface area contributed by atoms with Gasteiger partial charge in [-0.25, -0.2) is 0 Å². The van der Waals surface area contributed by atoms with Gasteiger partial charge in [0.05, 0.1) is 12.5 Å². The number of piperidine rings is 1. The number of carbonyl (C=O) groups is 4. The number of carboxylic acid groups (broad SMARTS) is 1. The van der Waals surface area contributed by atoms with Crippen molar-refractivity contribution in [2.45, 2.75) is 40.0 Å². The Morgan fingerprint density at radius 1 is 1.22 bits per heavy atom. The third kappa shape index (κ3) is 4.37. The number of hydrogen-bond donors (Lipinski definition) is 2. The zero-order valence-corrected chi connectivity index (χ0v) is 16.3. The van der Waals surface area contributed by atoms with E-state index < -0.39 is 11.9 Å². The van der Waals surface area contributed by atoms with Crippen LogP contribution in [-0.2, 0) is 16.0 Å². The quantitative estimate of drug-likeness (QED) is 0.730. The average Bonchev–Trinajstić information content (AvgIpc) is 2.97. The van der Waals surface area contributed by atoms with Crippen LogP contribution in [0.4, 0.5) is 0 Å². The molecule has 0 bridgehead atoms. The molecule has 1 saturated heterocycles. The number of hydrogen-bond acceptors (Lipinski definition) is 4. The smallest absolute Gasteiger partial charge is 0.306 e. The second-order valence-corrected chi connectivity index (χ2v) is 7.04. The number of rotatable bonds is 6. The first kappa shape index (κ1) is 20.7. The summed E-state index contributed by atoms with van der Waals surface area (Å²) in [6.45, 7) is 5.78. The van der Waals surface area contributed by atoms with Crippen molar-refractivity contribution in [1.29, 1.82) is 0 Å². The molecule has 1 aromatic heterocycles. The Morgan fingerprint density at radius 2 is 1.81 bits per heavy atom. The minimum Gasteiger partial charge on any atom is -0.481 e. The molecule has 1 aliphatic heterocycles. The molecule has 1 fully saturated rings. The highest BCUT2D eigenvalue weighted by molar-refractivity contribution is 6.03. The summed E-state index contributed by atoms with van der Waals surface area (Å²) in [7, 11) is 1.55. The highest BCUT2D eigenvalue weighted by Crippen LogP contribution is 2.22. The lowest BCUT2D eigenvalue weighted by Gasteiger charge is -2.31. The van der Waals surface area contributed by atoms with Gasteiger partial charge in [0.25, 0.3) is 5.91 Å². The van der Waals surface area contributed by atoms with Crippen LogP contribution < -0.4 is 0 Å². The molecule has 2 heterocycles. The van der Waals surface area contributed by atoms with Crippen LogP contribution in [0.25, 0.3) is 0 Å². The lowest BCUT2D eigenvalue weighted by Crippen LogP contribution is -2.45. The predicted octanol–water partition coefficient (Wildman–Crippen LogP) is 1.48. The zero-order chi connectivity index (χ0) is 20.3. The van der Waals surface area contributed by atoms with Crippen LogP contribution in [0.15, 0.2) is 0 Å². The van der Waals surface area contributed by atoms with Crippen molar-refractivity contribution in [2.75, 3.05) is 26.7 Å². The third-order valence-electron chi connectivity index (χ3n) is 5.13. The highest BCUT2D eigenvalue weighted by atomic mass is 16.4. The molecule has 0 unspecified atom stereocenters. The maximum absolute atomic E-state index is 12.8.